The van der Waals surface area contributed by atoms with Crippen molar-refractivity contribution in [3.05, 3.63) is 71.3 Å². The number of nitrogens with zero attached hydrogens (tertiary/aromatic N) is 2. The lowest BCUT2D eigenvalue weighted by Crippen LogP contribution is -2.15. The highest BCUT2D eigenvalue weighted by atomic mass is 35.5. The van der Waals surface area contributed by atoms with Crippen molar-refractivity contribution < 1.29 is 4.79 Å². The second-order valence-corrected chi connectivity index (χ2v) is 7.57. The van der Waals surface area contributed by atoms with Gasteiger partial charge < -0.3 is 5.73 Å². The summed E-state index contributed by atoms with van der Waals surface area (Å²) in [6.45, 7) is 6.40. The first-order valence-electron chi connectivity index (χ1n) is 8.28. The monoisotopic (exact) mass is 365 g/mol. The van der Waals surface area contributed by atoms with Crippen LogP contribution in [0, 0.1) is 0 Å². The van der Waals surface area contributed by atoms with Crippen LogP contribution in [0.5, 0.6) is 0 Å². The molecular formula is C21H20ClN3O. The van der Waals surface area contributed by atoms with Crippen molar-refractivity contribution >= 4 is 17.5 Å². The predicted molar refractivity (Wildman–Crippen MR) is 105 cm³/mol. The number of nitrogens with two attached hydrogens (primary N) is 1. The quantitative estimate of drug-likeness (QED) is 0.720. The van der Waals surface area contributed by atoms with Crippen molar-refractivity contribution in [3.8, 4) is 22.3 Å². The Morgan fingerprint density at radius 1 is 1.00 bits per heavy atom. The van der Waals surface area contributed by atoms with Crippen molar-refractivity contribution in [1.29, 1.82) is 0 Å². The molecule has 3 aromatic rings. The van der Waals surface area contributed by atoms with E-state index in [1.54, 1.807) is 30.6 Å². The van der Waals surface area contributed by atoms with Crippen molar-refractivity contribution in [2.24, 2.45) is 5.73 Å². The lowest BCUT2D eigenvalue weighted by molar-refractivity contribution is 0.100. The molecule has 1 amide bonds. The fourth-order valence-corrected chi connectivity index (χ4v) is 3.15. The topological polar surface area (TPSA) is 68.9 Å². The van der Waals surface area contributed by atoms with Gasteiger partial charge in [-0.05, 0) is 35.9 Å². The zero-order valence-corrected chi connectivity index (χ0v) is 15.7. The summed E-state index contributed by atoms with van der Waals surface area (Å²) < 4.78 is 0. The van der Waals surface area contributed by atoms with Crippen molar-refractivity contribution in [2.45, 2.75) is 26.2 Å². The van der Waals surface area contributed by atoms with Crippen LogP contribution < -0.4 is 5.73 Å². The second-order valence-electron chi connectivity index (χ2n) is 7.16. The van der Waals surface area contributed by atoms with Crippen LogP contribution in [0.2, 0.25) is 5.02 Å². The summed E-state index contributed by atoms with van der Waals surface area (Å²) in [6, 6.07) is 11.1. The Labute approximate surface area is 158 Å². The molecule has 2 N–H and O–H groups in total. The number of hydrogen-bond donors (Lipinski definition) is 1. The number of rotatable bonds is 3. The average Bonchev–Trinajstić information content (AvgIpc) is 2.61. The molecule has 3 rings (SSSR count). The second kappa shape index (κ2) is 6.89. The predicted octanol–water partition coefficient (Wildman–Crippen LogP) is 4.86. The molecule has 0 unspecified atom stereocenters. The lowest BCUT2D eigenvalue weighted by Gasteiger charge is -2.22. The van der Waals surface area contributed by atoms with E-state index < -0.39 is 5.91 Å². The zero-order chi connectivity index (χ0) is 18.9. The van der Waals surface area contributed by atoms with Crippen LogP contribution in [-0.2, 0) is 5.41 Å². The van der Waals surface area contributed by atoms with E-state index in [4.69, 9.17) is 22.3 Å². The highest BCUT2D eigenvalue weighted by Gasteiger charge is 2.21. The van der Waals surface area contributed by atoms with Crippen LogP contribution in [0.1, 0.15) is 36.8 Å². The SMILES string of the molecule is CC(C)(C)c1ncc(-c2ccc(C(N)=O)cc2Cl)cc1-c1ccncc1. The molecule has 0 aliphatic carbocycles. The van der Waals surface area contributed by atoms with Crippen LogP contribution >= 0.6 is 11.6 Å². The van der Waals surface area contributed by atoms with E-state index in [0.29, 0.717) is 10.6 Å². The summed E-state index contributed by atoms with van der Waals surface area (Å²) >= 11 is 6.39. The smallest absolute Gasteiger partial charge is 0.248 e. The van der Waals surface area contributed by atoms with Gasteiger partial charge in [-0.15, -0.1) is 0 Å². The van der Waals surface area contributed by atoms with E-state index in [1.807, 2.05) is 18.3 Å². The number of primary amides is 1. The lowest BCUT2D eigenvalue weighted by atomic mass is 9.85. The summed E-state index contributed by atoms with van der Waals surface area (Å²) in [6.07, 6.45) is 5.35. The minimum atomic E-state index is -0.503. The molecule has 2 aromatic heterocycles. The first kappa shape index (κ1) is 18.1. The van der Waals surface area contributed by atoms with Gasteiger partial charge in [0.25, 0.3) is 0 Å². The molecule has 0 spiro atoms. The van der Waals surface area contributed by atoms with Gasteiger partial charge in [-0.25, -0.2) is 0 Å². The van der Waals surface area contributed by atoms with Gasteiger partial charge in [0.1, 0.15) is 0 Å². The Morgan fingerprint density at radius 2 is 1.69 bits per heavy atom. The molecular weight excluding hydrogens is 346 g/mol. The Kier molecular flexibility index (Phi) is 4.79. The maximum atomic E-state index is 11.3. The molecule has 5 heteroatoms. The van der Waals surface area contributed by atoms with Gasteiger partial charge >= 0.3 is 0 Å². The van der Waals surface area contributed by atoms with Gasteiger partial charge in [0, 0.05) is 51.3 Å². The summed E-state index contributed by atoms with van der Waals surface area (Å²) in [5.74, 6) is -0.503. The fraction of sp³-hybridized carbons (Fsp3) is 0.190. The van der Waals surface area contributed by atoms with Crippen molar-refractivity contribution in [2.75, 3.05) is 0 Å². The number of amides is 1. The van der Waals surface area contributed by atoms with Crippen LogP contribution in [0.15, 0.2) is 55.0 Å². The molecule has 0 fully saturated rings. The van der Waals surface area contributed by atoms with Gasteiger partial charge in [-0.2, -0.15) is 0 Å². The minimum Gasteiger partial charge on any atom is -0.366 e. The summed E-state index contributed by atoms with van der Waals surface area (Å²) in [4.78, 5) is 20.2. The van der Waals surface area contributed by atoms with Crippen LogP contribution in [0.3, 0.4) is 0 Å². The van der Waals surface area contributed by atoms with E-state index in [-0.39, 0.29) is 5.41 Å². The maximum absolute atomic E-state index is 11.3. The zero-order valence-electron chi connectivity index (χ0n) is 15.0. The highest BCUT2D eigenvalue weighted by molar-refractivity contribution is 6.33. The molecule has 0 saturated heterocycles. The van der Waals surface area contributed by atoms with Crippen molar-refractivity contribution in [3.63, 3.8) is 0 Å². The third kappa shape index (κ3) is 3.60. The Bertz CT molecular complexity index is 963. The molecule has 1 aromatic carbocycles. The highest BCUT2D eigenvalue weighted by Crippen LogP contribution is 2.36. The minimum absolute atomic E-state index is 0.114. The molecule has 0 saturated carbocycles. The number of halogens is 1. The summed E-state index contributed by atoms with van der Waals surface area (Å²) in [5, 5.41) is 0.465. The molecule has 0 bridgehead atoms. The first-order valence-corrected chi connectivity index (χ1v) is 8.66. The van der Waals surface area contributed by atoms with Crippen LogP contribution in [0.25, 0.3) is 22.3 Å². The van der Waals surface area contributed by atoms with E-state index in [9.17, 15) is 4.79 Å². The number of aromatic nitrogens is 2. The van der Waals surface area contributed by atoms with E-state index in [1.165, 1.54) is 0 Å². The molecule has 0 radical (unpaired) electrons. The third-order valence-corrected chi connectivity index (χ3v) is 4.47. The summed E-state index contributed by atoms with van der Waals surface area (Å²) in [7, 11) is 0. The Morgan fingerprint density at radius 3 is 2.27 bits per heavy atom. The van der Waals surface area contributed by atoms with E-state index in [2.05, 4.69) is 31.8 Å². The molecule has 26 heavy (non-hydrogen) atoms. The number of benzene rings is 1. The van der Waals surface area contributed by atoms with Gasteiger partial charge in [0.15, 0.2) is 0 Å². The number of carbonyl (C=O) groups excluding carboxylic acids is 1. The maximum Gasteiger partial charge on any atom is 0.248 e. The molecule has 0 aliphatic heterocycles. The number of pyridine rings is 2. The van der Waals surface area contributed by atoms with Gasteiger partial charge in [0.05, 0.1) is 5.69 Å². The standard InChI is InChI=1S/C21H20ClN3O/c1-21(2,3)19-17(13-6-8-24-9-7-13)10-15(12-25-19)16-5-4-14(20(23)26)11-18(16)22/h4-12H,1-3H3,(H2,23,26). The molecule has 0 aliphatic rings. The number of carbonyl (C=O) groups is 1. The molecule has 0 atom stereocenters. The van der Waals surface area contributed by atoms with Gasteiger partial charge in [-0.3, -0.25) is 14.8 Å². The normalized spacial score (nSPS) is 11.4. The Hall–Kier alpha value is -2.72. The molecule has 2 heterocycles. The van der Waals surface area contributed by atoms with E-state index in [0.717, 1.165) is 27.9 Å². The van der Waals surface area contributed by atoms with E-state index >= 15 is 0 Å². The number of hydrogen-bond acceptors (Lipinski definition) is 3. The van der Waals surface area contributed by atoms with Crippen molar-refractivity contribution in [1.82, 2.24) is 9.97 Å². The van der Waals surface area contributed by atoms with Gasteiger partial charge in [0.2, 0.25) is 5.91 Å². The van der Waals surface area contributed by atoms with Crippen LogP contribution in [0.4, 0.5) is 0 Å². The Balaban J connectivity index is 2.18. The first-order chi connectivity index (χ1) is 12.3. The molecule has 132 valence electrons. The average molecular weight is 366 g/mol. The summed E-state index contributed by atoms with van der Waals surface area (Å²) in [5.41, 5.74) is 10.4. The fourth-order valence-electron chi connectivity index (χ4n) is 2.86. The van der Waals surface area contributed by atoms with Gasteiger partial charge in [-0.1, -0.05) is 38.4 Å². The molecule has 4 nitrogen and oxygen atoms in total. The largest absolute Gasteiger partial charge is 0.366 e. The third-order valence-electron chi connectivity index (χ3n) is 4.15. The van der Waals surface area contributed by atoms with Crippen LogP contribution in [-0.4, -0.2) is 15.9 Å².